The van der Waals surface area contributed by atoms with E-state index in [-0.39, 0.29) is 6.61 Å². The van der Waals surface area contributed by atoms with Gasteiger partial charge in [0.2, 0.25) is 0 Å². The predicted octanol–water partition coefficient (Wildman–Crippen LogP) is 2.29. The minimum absolute atomic E-state index is 0.0918. The lowest BCUT2D eigenvalue weighted by atomic mass is 10.2. The van der Waals surface area contributed by atoms with Crippen molar-refractivity contribution in [2.24, 2.45) is 10.7 Å². The second-order valence-electron chi connectivity index (χ2n) is 3.63. The van der Waals surface area contributed by atoms with Crippen LogP contribution in [0.1, 0.15) is 10.4 Å². The van der Waals surface area contributed by atoms with E-state index in [0.29, 0.717) is 22.8 Å². The van der Waals surface area contributed by atoms with Crippen LogP contribution in [0, 0.1) is 0 Å². The molecule has 5 heteroatoms. The second kappa shape index (κ2) is 5.66. The largest absolute Gasteiger partial charge is 0.496 e. The lowest BCUT2D eigenvalue weighted by molar-refractivity contribution is 0.274. The number of hydrogen-bond acceptors (Lipinski definition) is 4. The van der Waals surface area contributed by atoms with Crippen molar-refractivity contribution in [3.63, 3.8) is 0 Å². The molecule has 0 saturated heterocycles. The fourth-order valence-corrected chi connectivity index (χ4v) is 2.20. The lowest BCUT2D eigenvalue weighted by Gasteiger charge is -2.06. The minimum atomic E-state index is -0.0918. The molecule has 2 rings (SSSR count). The average Bonchev–Trinajstić information content (AvgIpc) is 2.92. The SMILES string of the molecule is COc1ccc(N=C(N)c2cccs2)cc1CO. The van der Waals surface area contributed by atoms with E-state index in [2.05, 4.69) is 4.99 Å². The van der Waals surface area contributed by atoms with Crippen LogP contribution in [0.4, 0.5) is 5.69 Å². The van der Waals surface area contributed by atoms with Crippen LogP contribution in [-0.2, 0) is 6.61 Å². The molecule has 4 nitrogen and oxygen atoms in total. The van der Waals surface area contributed by atoms with E-state index >= 15 is 0 Å². The first-order valence-electron chi connectivity index (χ1n) is 5.40. The fraction of sp³-hybridized carbons (Fsp3) is 0.154. The molecule has 2 aromatic rings. The molecule has 0 atom stereocenters. The summed E-state index contributed by atoms with van der Waals surface area (Å²) in [5, 5.41) is 11.2. The number of methoxy groups -OCH3 is 1. The monoisotopic (exact) mass is 262 g/mol. The summed E-state index contributed by atoms with van der Waals surface area (Å²) in [6.45, 7) is -0.0918. The summed E-state index contributed by atoms with van der Waals surface area (Å²) in [5.41, 5.74) is 7.29. The summed E-state index contributed by atoms with van der Waals surface area (Å²) in [6, 6.07) is 9.18. The van der Waals surface area contributed by atoms with Crippen molar-refractivity contribution >= 4 is 22.9 Å². The third kappa shape index (κ3) is 2.69. The van der Waals surface area contributed by atoms with E-state index in [1.54, 1.807) is 25.3 Å². The molecule has 1 aromatic heterocycles. The highest BCUT2D eigenvalue weighted by Gasteiger charge is 2.04. The van der Waals surface area contributed by atoms with Crippen LogP contribution in [0.3, 0.4) is 0 Å². The molecule has 3 N–H and O–H groups in total. The number of ether oxygens (including phenoxy) is 1. The summed E-state index contributed by atoms with van der Waals surface area (Å²) in [7, 11) is 1.57. The Morgan fingerprint density at radius 3 is 2.89 bits per heavy atom. The molecule has 0 saturated carbocycles. The number of nitrogens with two attached hydrogens (primary N) is 1. The van der Waals surface area contributed by atoms with E-state index in [1.165, 1.54) is 11.3 Å². The van der Waals surface area contributed by atoms with Gasteiger partial charge in [-0.05, 0) is 29.6 Å². The highest BCUT2D eigenvalue weighted by Crippen LogP contribution is 2.24. The number of aliphatic imine (C=N–C) groups is 1. The van der Waals surface area contributed by atoms with Crippen LogP contribution in [0.25, 0.3) is 0 Å². The van der Waals surface area contributed by atoms with Crippen molar-refractivity contribution in [1.29, 1.82) is 0 Å². The molecule has 0 fully saturated rings. The number of benzene rings is 1. The molecule has 0 aliphatic carbocycles. The van der Waals surface area contributed by atoms with Gasteiger partial charge in [-0.1, -0.05) is 6.07 Å². The molecule has 0 radical (unpaired) electrons. The normalized spacial score (nSPS) is 11.6. The van der Waals surface area contributed by atoms with Gasteiger partial charge in [0, 0.05) is 5.56 Å². The Labute approximate surface area is 109 Å². The third-order valence-corrected chi connectivity index (χ3v) is 3.35. The molecule has 94 valence electrons. The number of hydrogen-bond donors (Lipinski definition) is 2. The van der Waals surface area contributed by atoms with E-state index < -0.39 is 0 Å². The fourth-order valence-electron chi connectivity index (χ4n) is 1.58. The van der Waals surface area contributed by atoms with E-state index in [1.807, 2.05) is 17.5 Å². The molecule has 1 aromatic carbocycles. The first-order valence-corrected chi connectivity index (χ1v) is 6.28. The summed E-state index contributed by atoms with van der Waals surface area (Å²) in [4.78, 5) is 5.25. The van der Waals surface area contributed by atoms with Crippen molar-refractivity contribution in [1.82, 2.24) is 0 Å². The maximum Gasteiger partial charge on any atom is 0.141 e. The van der Waals surface area contributed by atoms with Crippen LogP contribution in [0.2, 0.25) is 0 Å². The molecule has 0 unspecified atom stereocenters. The molecule has 0 bridgehead atoms. The van der Waals surface area contributed by atoms with Gasteiger partial charge in [-0.3, -0.25) is 0 Å². The van der Waals surface area contributed by atoms with E-state index in [4.69, 9.17) is 10.5 Å². The number of aliphatic hydroxyl groups is 1. The first kappa shape index (κ1) is 12.6. The lowest BCUT2D eigenvalue weighted by Crippen LogP contribution is -2.10. The molecule has 0 aliphatic rings. The molecule has 0 aliphatic heterocycles. The Morgan fingerprint density at radius 1 is 1.44 bits per heavy atom. The molecular formula is C13H14N2O2S. The van der Waals surface area contributed by atoms with E-state index in [0.717, 1.165) is 4.88 Å². The predicted molar refractivity (Wildman–Crippen MR) is 73.6 cm³/mol. The maximum atomic E-state index is 9.23. The number of amidine groups is 1. The van der Waals surface area contributed by atoms with Gasteiger partial charge in [-0.15, -0.1) is 11.3 Å². The van der Waals surface area contributed by atoms with Crippen LogP contribution < -0.4 is 10.5 Å². The second-order valence-corrected chi connectivity index (χ2v) is 4.58. The van der Waals surface area contributed by atoms with Gasteiger partial charge in [0.1, 0.15) is 11.6 Å². The Balaban J connectivity index is 2.32. The summed E-state index contributed by atoms with van der Waals surface area (Å²) >= 11 is 1.54. The molecule has 0 spiro atoms. The van der Waals surface area contributed by atoms with Crippen molar-refractivity contribution in [2.75, 3.05) is 7.11 Å². The Hall–Kier alpha value is -1.85. The minimum Gasteiger partial charge on any atom is -0.496 e. The van der Waals surface area contributed by atoms with Crippen LogP contribution in [0.15, 0.2) is 40.7 Å². The molecule has 1 heterocycles. The van der Waals surface area contributed by atoms with Crippen molar-refractivity contribution < 1.29 is 9.84 Å². The number of aliphatic hydroxyl groups excluding tert-OH is 1. The Morgan fingerprint density at radius 2 is 2.28 bits per heavy atom. The highest BCUT2D eigenvalue weighted by atomic mass is 32.1. The zero-order valence-electron chi connectivity index (χ0n) is 9.96. The topological polar surface area (TPSA) is 67.8 Å². The highest BCUT2D eigenvalue weighted by molar-refractivity contribution is 7.12. The van der Waals surface area contributed by atoms with Crippen molar-refractivity contribution in [3.8, 4) is 5.75 Å². The number of thiophene rings is 1. The molecular weight excluding hydrogens is 248 g/mol. The van der Waals surface area contributed by atoms with Gasteiger partial charge in [-0.2, -0.15) is 0 Å². The van der Waals surface area contributed by atoms with Gasteiger partial charge in [-0.25, -0.2) is 4.99 Å². The van der Waals surface area contributed by atoms with Gasteiger partial charge >= 0.3 is 0 Å². The van der Waals surface area contributed by atoms with Gasteiger partial charge in [0.15, 0.2) is 0 Å². The zero-order valence-corrected chi connectivity index (χ0v) is 10.8. The third-order valence-electron chi connectivity index (χ3n) is 2.46. The molecule has 18 heavy (non-hydrogen) atoms. The van der Waals surface area contributed by atoms with E-state index in [9.17, 15) is 5.11 Å². The smallest absolute Gasteiger partial charge is 0.141 e. The van der Waals surface area contributed by atoms with Crippen LogP contribution in [0.5, 0.6) is 5.75 Å². The van der Waals surface area contributed by atoms with Crippen LogP contribution >= 0.6 is 11.3 Å². The Bertz CT molecular complexity index is 550. The van der Waals surface area contributed by atoms with Crippen molar-refractivity contribution in [2.45, 2.75) is 6.61 Å². The van der Waals surface area contributed by atoms with Gasteiger partial charge in [0.05, 0.1) is 24.3 Å². The standard InChI is InChI=1S/C13H14N2O2S/c1-17-11-5-4-10(7-9(11)8-16)15-13(14)12-3-2-6-18-12/h2-7,16H,8H2,1H3,(H2,14,15). The summed E-state index contributed by atoms with van der Waals surface area (Å²) in [6.07, 6.45) is 0. The van der Waals surface area contributed by atoms with Crippen LogP contribution in [-0.4, -0.2) is 18.1 Å². The van der Waals surface area contributed by atoms with Gasteiger partial charge in [0.25, 0.3) is 0 Å². The zero-order chi connectivity index (χ0) is 13.0. The summed E-state index contributed by atoms with van der Waals surface area (Å²) in [5.74, 6) is 1.12. The Kier molecular flexibility index (Phi) is 3.96. The quantitative estimate of drug-likeness (QED) is 0.656. The molecule has 0 amide bonds. The van der Waals surface area contributed by atoms with Crippen molar-refractivity contribution in [3.05, 3.63) is 46.2 Å². The average molecular weight is 262 g/mol. The number of rotatable bonds is 4. The first-order chi connectivity index (χ1) is 8.74. The summed E-state index contributed by atoms with van der Waals surface area (Å²) < 4.78 is 5.13. The maximum absolute atomic E-state index is 9.23. The van der Waals surface area contributed by atoms with Gasteiger partial charge < -0.3 is 15.6 Å². The number of nitrogens with zero attached hydrogens (tertiary/aromatic N) is 1.